The summed E-state index contributed by atoms with van der Waals surface area (Å²) in [6.45, 7) is 14.4. The molecule has 40 heavy (non-hydrogen) atoms. The maximum absolute atomic E-state index is 12.9. The molecule has 0 saturated carbocycles. The molecule has 1 atom stereocenters. The number of hydrogen-bond acceptors (Lipinski definition) is 9. The van der Waals surface area contributed by atoms with Crippen LogP contribution < -0.4 is 9.80 Å². The number of carbonyl (C=O) groups is 2. The number of piperidine rings is 1. The molecular formula is C30H43N5O5. The number of piperazine rings is 1. The Kier molecular flexibility index (Phi) is 8.43. The van der Waals surface area contributed by atoms with Crippen molar-refractivity contribution in [3.05, 3.63) is 23.8 Å². The van der Waals surface area contributed by atoms with Crippen LogP contribution >= 0.6 is 0 Å². The van der Waals surface area contributed by atoms with Gasteiger partial charge in [0.25, 0.3) is 0 Å². The van der Waals surface area contributed by atoms with E-state index in [1.54, 1.807) is 4.90 Å². The van der Waals surface area contributed by atoms with Crippen molar-refractivity contribution in [1.29, 1.82) is 5.26 Å². The van der Waals surface area contributed by atoms with Gasteiger partial charge in [0.15, 0.2) is 0 Å². The van der Waals surface area contributed by atoms with E-state index in [0.29, 0.717) is 44.7 Å². The highest BCUT2D eigenvalue weighted by molar-refractivity contribution is 5.80. The number of anilines is 2. The Labute approximate surface area is 237 Å². The van der Waals surface area contributed by atoms with Crippen LogP contribution in [0.4, 0.5) is 16.2 Å². The van der Waals surface area contributed by atoms with Crippen LogP contribution in [0.5, 0.6) is 0 Å². The molecule has 4 aliphatic heterocycles. The number of nitriles is 1. The van der Waals surface area contributed by atoms with Crippen LogP contribution in [0.25, 0.3) is 0 Å². The van der Waals surface area contributed by atoms with E-state index >= 15 is 0 Å². The summed E-state index contributed by atoms with van der Waals surface area (Å²) in [7, 11) is 0. The van der Waals surface area contributed by atoms with Crippen LogP contribution in [-0.4, -0.2) is 106 Å². The first kappa shape index (κ1) is 28.5. The van der Waals surface area contributed by atoms with Gasteiger partial charge in [0.1, 0.15) is 11.7 Å². The number of carbonyl (C=O) groups excluding carboxylic acids is 2. The van der Waals surface area contributed by atoms with Gasteiger partial charge in [-0.2, -0.15) is 5.26 Å². The Morgan fingerprint density at radius 2 is 1.70 bits per heavy atom. The Morgan fingerprint density at radius 1 is 1.02 bits per heavy atom. The molecule has 10 nitrogen and oxygen atoms in total. The van der Waals surface area contributed by atoms with E-state index in [1.807, 2.05) is 32.9 Å². The van der Waals surface area contributed by atoms with Gasteiger partial charge in [-0.15, -0.1) is 0 Å². The van der Waals surface area contributed by atoms with Gasteiger partial charge in [-0.1, -0.05) is 0 Å². The average Bonchev–Trinajstić information content (AvgIpc) is 3.25. The number of esters is 1. The summed E-state index contributed by atoms with van der Waals surface area (Å²) in [5, 5.41) is 9.45. The number of cyclic esters (lactones) is 1. The summed E-state index contributed by atoms with van der Waals surface area (Å²) in [6, 6.07) is 8.29. The Balaban J connectivity index is 1.10. The number of likely N-dealkylation sites (tertiary alicyclic amines) is 1. The van der Waals surface area contributed by atoms with Gasteiger partial charge in [-0.3, -0.25) is 9.69 Å². The van der Waals surface area contributed by atoms with E-state index < -0.39 is 11.0 Å². The predicted molar refractivity (Wildman–Crippen MR) is 151 cm³/mol. The van der Waals surface area contributed by atoms with Gasteiger partial charge in [-0.25, -0.2) is 4.79 Å². The molecule has 0 radical (unpaired) electrons. The van der Waals surface area contributed by atoms with Crippen molar-refractivity contribution >= 4 is 23.4 Å². The highest BCUT2D eigenvalue weighted by atomic mass is 16.6. The summed E-state index contributed by atoms with van der Waals surface area (Å²) < 4.78 is 16.9. The fraction of sp³-hybridized carbons (Fsp3) is 0.700. The monoisotopic (exact) mass is 553 g/mol. The number of hydrogen-bond donors (Lipinski definition) is 0. The van der Waals surface area contributed by atoms with Crippen molar-refractivity contribution in [2.75, 3.05) is 81.9 Å². The second-order valence-electron chi connectivity index (χ2n) is 12.5. The van der Waals surface area contributed by atoms with Crippen LogP contribution in [0.15, 0.2) is 18.2 Å². The fourth-order valence-electron chi connectivity index (χ4n) is 6.31. The molecule has 10 heteroatoms. The van der Waals surface area contributed by atoms with Gasteiger partial charge in [0, 0.05) is 65.3 Å². The smallest absolute Gasteiger partial charge is 0.410 e. The van der Waals surface area contributed by atoms with E-state index in [1.165, 1.54) is 5.69 Å². The first-order valence-corrected chi connectivity index (χ1v) is 14.7. The largest absolute Gasteiger partial charge is 0.462 e. The molecule has 4 aliphatic rings. The highest BCUT2D eigenvalue weighted by Crippen LogP contribution is 2.44. The summed E-state index contributed by atoms with van der Waals surface area (Å²) in [4.78, 5) is 34.3. The molecule has 1 aromatic rings. The maximum atomic E-state index is 12.9. The lowest BCUT2D eigenvalue weighted by atomic mass is 9.76. The number of benzene rings is 1. The molecule has 218 valence electrons. The van der Waals surface area contributed by atoms with Gasteiger partial charge in [-0.05, 0) is 58.2 Å². The lowest BCUT2D eigenvalue weighted by Crippen LogP contribution is -2.48. The van der Waals surface area contributed by atoms with E-state index in [0.717, 1.165) is 64.3 Å². The third-order valence-corrected chi connectivity index (χ3v) is 8.63. The van der Waals surface area contributed by atoms with Crippen LogP contribution in [0, 0.1) is 16.7 Å². The van der Waals surface area contributed by atoms with Gasteiger partial charge in [0.2, 0.25) is 0 Å². The van der Waals surface area contributed by atoms with Crippen LogP contribution in [0.3, 0.4) is 0 Å². The lowest BCUT2D eigenvalue weighted by molar-refractivity contribution is -0.151. The van der Waals surface area contributed by atoms with Crippen LogP contribution in [0.2, 0.25) is 0 Å². The third-order valence-electron chi connectivity index (χ3n) is 8.63. The van der Waals surface area contributed by atoms with E-state index in [9.17, 15) is 14.9 Å². The second-order valence-corrected chi connectivity index (χ2v) is 12.5. The summed E-state index contributed by atoms with van der Waals surface area (Å²) >= 11 is 0. The molecule has 0 aliphatic carbocycles. The summed E-state index contributed by atoms with van der Waals surface area (Å²) in [5.41, 5.74) is 2.00. The molecule has 1 aromatic carbocycles. The van der Waals surface area contributed by atoms with Crippen LogP contribution in [0.1, 0.15) is 52.0 Å². The number of rotatable bonds is 5. The normalized spacial score (nSPS) is 23.7. The molecule has 0 aromatic heterocycles. The zero-order valence-corrected chi connectivity index (χ0v) is 24.2. The molecule has 5 rings (SSSR count). The molecule has 4 heterocycles. The number of nitrogens with zero attached hydrogens (tertiary/aromatic N) is 5. The SMILES string of the molecule is CC(C)(C)OC(=O)N1CCC2(CC1)C[C@@H](CCN1CCN(c3ccc(C#N)cc3N3CCOCC3)CC1)OC2=O. The topological polar surface area (TPSA) is 98.6 Å². The predicted octanol–water partition coefficient (Wildman–Crippen LogP) is 3.24. The zero-order valence-electron chi connectivity index (χ0n) is 24.2. The van der Waals surface area contributed by atoms with E-state index in [2.05, 4.69) is 26.8 Å². The van der Waals surface area contributed by atoms with Crippen molar-refractivity contribution < 1.29 is 23.8 Å². The molecule has 4 fully saturated rings. The maximum Gasteiger partial charge on any atom is 0.410 e. The number of ether oxygens (including phenoxy) is 3. The highest BCUT2D eigenvalue weighted by Gasteiger charge is 2.51. The second kappa shape index (κ2) is 11.8. The number of amides is 1. The standard InChI is InChI=1S/C30H43N5O5/c1-29(2,3)40-28(37)35-10-7-30(8-11-35)21-24(39-27(30)36)6-9-32-12-14-33(15-13-32)25-5-4-23(22-31)20-26(25)34-16-18-38-19-17-34/h4-5,20,24H,6-19,21H2,1-3H3/t24-/m1/s1. The van der Waals surface area contributed by atoms with E-state index in [-0.39, 0.29) is 18.2 Å². The van der Waals surface area contributed by atoms with Gasteiger partial charge in [0.05, 0.1) is 41.6 Å². The van der Waals surface area contributed by atoms with Crippen molar-refractivity contribution in [1.82, 2.24) is 9.80 Å². The van der Waals surface area contributed by atoms with Gasteiger partial charge < -0.3 is 28.9 Å². The summed E-state index contributed by atoms with van der Waals surface area (Å²) in [5.74, 6) is -0.0948. The Bertz CT molecular complexity index is 1110. The minimum atomic E-state index is -0.526. The quantitative estimate of drug-likeness (QED) is 0.509. The molecule has 4 saturated heterocycles. The molecule has 0 N–H and O–H groups in total. The van der Waals surface area contributed by atoms with Gasteiger partial charge >= 0.3 is 12.1 Å². The van der Waals surface area contributed by atoms with E-state index in [4.69, 9.17) is 14.2 Å². The third kappa shape index (κ3) is 6.47. The lowest BCUT2D eigenvalue weighted by Gasteiger charge is -2.39. The first-order chi connectivity index (χ1) is 19.2. The Hall–Kier alpha value is -3.03. The molecular weight excluding hydrogens is 510 g/mol. The van der Waals surface area contributed by atoms with Crippen molar-refractivity contribution in [2.45, 2.75) is 58.2 Å². The summed E-state index contributed by atoms with van der Waals surface area (Å²) in [6.07, 6.45) is 2.47. The molecule has 1 spiro atoms. The zero-order chi connectivity index (χ0) is 28.3. The first-order valence-electron chi connectivity index (χ1n) is 14.7. The van der Waals surface area contributed by atoms with Crippen molar-refractivity contribution in [2.24, 2.45) is 5.41 Å². The average molecular weight is 554 g/mol. The number of morpholine rings is 1. The van der Waals surface area contributed by atoms with Crippen molar-refractivity contribution in [3.8, 4) is 6.07 Å². The molecule has 0 bridgehead atoms. The molecule has 1 amide bonds. The Morgan fingerprint density at radius 3 is 2.35 bits per heavy atom. The fourth-order valence-corrected chi connectivity index (χ4v) is 6.31. The minimum Gasteiger partial charge on any atom is -0.462 e. The minimum absolute atomic E-state index is 0.0648. The molecule has 0 unspecified atom stereocenters. The van der Waals surface area contributed by atoms with Crippen LogP contribution in [-0.2, 0) is 19.0 Å². The van der Waals surface area contributed by atoms with Crippen molar-refractivity contribution in [3.63, 3.8) is 0 Å².